The molecule has 5 heteroatoms. The molecule has 1 heterocycles. The van der Waals surface area contributed by atoms with Gasteiger partial charge in [-0.15, -0.1) is 0 Å². The fraction of sp³-hybridized carbons (Fsp3) is 0.571. The highest BCUT2D eigenvalue weighted by Gasteiger charge is 2.18. The molecule has 1 aromatic heterocycles. The Morgan fingerprint density at radius 2 is 2.11 bits per heavy atom. The number of nitrogens with zero attached hydrogens (tertiary/aromatic N) is 1. The maximum Gasteiger partial charge on any atom is 0.257 e. The summed E-state index contributed by atoms with van der Waals surface area (Å²) in [6.45, 7) is 8.46. The number of furan rings is 1. The standard InChI is InChI=1S/C14H22N2O3/c1-5-16(8-6-13(17)15-10(2)3)14(18)12-7-9-19-11(12)4/h7,9-10H,5-6,8H2,1-4H3,(H,15,17). The van der Waals surface area contributed by atoms with Crippen LogP contribution in [-0.2, 0) is 4.79 Å². The van der Waals surface area contributed by atoms with E-state index in [1.54, 1.807) is 17.9 Å². The number of nitrogens with one attached hydrogen (secondary N) is 1. The number of carbonyl (C=O) groups is 2. The van der Waals surface area contributed by atoms with E-state index < -0.39 is 0 Å². The van der Waals surface area contributed by atoms with E-state index in [0.29, 0.717) is 30.8 Å². The van der Waals surface area contributed by atoms with Crippen LogP contribution in [0.2, 0.25) is 0 Å². The van der Waals surface area contributed by atoms with E-state index in [2.05, 4.69) is 5.32 Å². The van der Waals surface area contributed by atoms with Crippen molar-refractivity contribution < 1.29 is 14.0 Å². The fourth-order valence-electron chi connectivity index (χ4n) is 1.81. The average molecular weight is 266 g/mol. The number of carbonyl (C=O) groups excluding carboxylic acids is 2. The largest absolute Gasteiger partial charge is 0.469 e. The number of hydrogen-bond acceptors (Lipinski definition) is 3. The second-order valence-corrected chi connectivity index (χ2v) is 4.75. The first-order valence-electron chi connectivity index (χ1n) is 6.58. The van der Waals surface area contributed by atoms with Gasteiger partial charge in [0.25, 0.3) is 5.91 Å². The molecule has 0 saturated carbocycles. The monoisotopic (exact) mass is 266 g/mol. The molecule has 0 spiro atoms. The van der Waals surface area contributed by atoms with E-state index in [1.165, 1.54) is 6.26 Å². The number of aryl methyl sites for hydroxylation is 1. The lowest BCUT2D eigenvalue weighted by atomic mass is 10.2. The topological polar surface area (TPSA) is 62.6 Å². The minimum absolute atomic E-state index is 0.0369. The summed E-state index contributed by atoms with van der Waals surface area (Å²) >= 11 is 0. The fourth-order valence-corrected chi connectivity index (χ4v) is 1.81. The predicted molar refractivity (Wildman–Crippen MR) is 72.9 cm³/mol. The molecule has 0 fully saturated rings. The Morgan fingerprint density at radius 3 is 2.58 bits per heavy atom. The summed E-state index contributed by atoms with van der Waals surface area (Å²) < 4.78 is 5.13. The summed E-state index contributed by atoms with van der Waals surface area (Å²) in [7, 11) is 0. The van der Waals surface area contributed by atoms with Crippen LogP contribution >= 0.6 is 0 Å². The quantitative estimate of drug-likeness (QED) is 0.856. The minimum Gasteiger partial charge on any atom is -0.469 e. The lowest BCUT2D eigenvalue weighted by molar-refractivity contribution is -0.121. The molecule has 0 saturated heterocycles. The van der Waals surface area contributed by atoms with Gasteiger partial charge in [-0.25, -0.2) is 0 Å². The van der Waals surface area contributed by atoms with Gasteiger partial charge >= 0.3 is 0 Å². The maximum absolute atomic E-state index is 12.2. The van der Waals surface area contributed by atoms with E-state index in [4.69, 9.17) is 4.42 Å². The second kappa shape index (κ2) is 6.97. The van der Waals surface area contributed by atoms with Crippen molar-refractivity contribution in [2.75, 3.05) is 13.1 Å². The third-order valence-electron chi connectivity index (χ3n) is 2.82. The van der Waals surface area contributed by atoms with Gasteiger partial charge in [-0.1, -0.05) is 0 Å². The van der Waals surface area contributed by atoms with Crippen LogP contribution in [0.25, 0.3) is 0 Å². The molecule has 0 aliphatic heterocycles. The molecule has 0 aliphatic rings. The van der Waals surface area contributed by atoms with Crippen molar-refractivity contribution in [3.63, 3.8) is 0 Å². The molecule has 19 heavy (non-hydrogen) atoms. The summed E-state index contributed by atoms with van der Waals surface area (Å²) in [6.07, 6.45) is 1.82. The summed E-state index contributed by atoms with van der Waals surface area (Å²) in [5.41, 5.74) is 0.561. The first-order chi connectivity index (χ1) is 8.95. The van der Waals surface area contributed by atoms with E-state index in [-0.39, 0.29) is 17.9 Å². The molecular formula is C14H22N2O3. The summed E-state index contributed by atoms with van der Waals surface area (Å²) in [5, 5.41) is 2.81. The van der Waals surface area contributed by atoms with Crippen molar-refractivity contribution in [3.8, 4) is 0 Å². The van der Waals surface area contributed by atoms with Gasteiger partial charge in [0.05, 0.1) is 11.8 Å². The van der Waals surface area contributed by atoms with Crippen molar-refractivity contribution >= 4 is 11.8 Å². The number of rotatable bonds is 6. The highest BCUT2D eigenvalue weighted by atomic mass is 16.3. The normalized spacial score (nSPS) is 10.6. The molecule has 0 unspecified atom stereocenters. The zero-order valence-electron chi connectivity index (χ0n) is 12.0. The first kappa shape index (κ1) is 15.3. The smallest absolute Gasteiger partial charge is 0.257 e. The van der Waals surface area contributed by atoms with Gasteiger partial charge in [0.15, 0.2) is 0 Å². The van der Waals surface area contributed by atoms with Gasteiger partial charge in [-0.2, -0.15) is 0 Å². The number of amides is 2. The van der Waals surface area contributed by atoms with Crippen molar-refractivity contribution in [2.45, 2.75) is 40.2 Å². The van der Waals surface area contributed by atoms with Crippen LogP contribution in [-0.4, -0.2) is 35.8 Å². The Labute approximate surface area is 114 Å². The lowest BCUT2D eigenvalue weighted by Crippen LogP contribution is -2.37. The molecule has 0 radical (unpaired) electrons. The lowest BCUT2D eigenvalue weighted by Gasteiger charge is -2.20. The van der Waals surface area contributed by atoms with E-state index >= 15 is 0 Å². The average Bonchev–Trinajstić information content (AvgIpc) is 2.75. The Balaban J connectivity index is 2.57. The van der Waals surface area contributed by atoms with Crippen LogP contribution in [0.1, 0.15) is 43.3 Å². The molecule has 0 atom stereocenters. The third kappa shape index (κ3) is 4.43. The highest BCUT2D eigenvalue weighted by molar-refractivity contribution is 5.95. The minimum atomic E-state index is -0.0916. The van der Waals surface area contributed by atoms with Gasteiger partial charge in [-0.3, -0.25) is 9.59 Å². The Hall–Kier alpha value is -1.78. The van der Waals surface area contributed by atoms with E-state index in [9.17, 15) is 9.59 Å². The molecule has 0 aliphatic carbocycles. The zero-order chi connectivity index (χ0) is 14.4. The zero-order valence-corrected chi connectivity index (χ0v) is 12.0. The van der Waals surface area contributed by atoms with Crippen LogP contribution in [0.5, 0.6) is 0 Å². The summed E-state index contributed by atoms with van der Waals surface area (Å²) in [6, 6.07) is 1.78. The molecular weight excluding hydrogens is 244 g/mol. The molecule has 1 N–H and O–H groups in total. The maximum atomic E-state index is 12.2. The molecule has 1 rings (SSSR count). The van der Waals surface area contributed by atoms with Crippen molar-refractivity contribution in [1.29, 1.82) is 0 Å². The summed E-state index contributed by atoms with van der Waals surface area (Å²) in [5.74, 6) is 0.478. The molecule has 2 amide bonds. The van der Waals surface area contributed by atoms with E-state index in [0.717, 1.165) is 0 Å². The third-order valence-corrected chi connectivity index (χ3v) is 2.82. The number of hydrogen-bond donors (Lipinski definition) is 1. The molecule has 0 aromatic carbocycles. The van der Waals surface area contributed by atoms with Crippen molar-refractivity contribution in [1.82, 2.24) is 10.2 Å². The Morgan fingerprint density at radius 1 is 1.42 bits per heavy atom. The van der Waals surface area contributed by atoms with E-state index in [1.807, 2.05) is 20.8 Å². The van der Waals surface area contributed by atoms with Crippen LogP contribution in [0, 0.1) is 6.92 Å². The van der Waals surface area contributed by atoms with Gasteiger partial charge in [0.2, 0.25) is 5.91 Å². The molecule has 1 aromatic rings. The van der Waals surface area contributed by atoms with Crippen LogP contribution < -0.4 is 5.32 Å². The van der Waals surface area contributed by atoms with Gasteiger partial charge in [0.1, 0.15) is 5.76 Å². The van der Waals surface area contributed by atoms with Gasteiger partial charge in [-0.05, 0) is 33.8 Å². The molecule has 0 bridgehead atoms. The predicted octanol–water partition coefficient (Wildman–Crippen LogP) is 1.96. The van der Waals surface area contributed by atoms with Crippen molar-refractivity contribution in [3.05, 3.63) is 23.7 Å². The SMILES string of the molecule is CCN(CCC(=O)NC(C)C)C(=O)c1ccoc1C. The Kier molecular flexibility index (Phi) is 5.60. The van der Waals surface area contributed by atoms with Gasteiger partial charge in [0, 0.05) is 25.6 Å². The highest BCUT2D eigenvalue weighted by Crippen LogP contribution is 2.12. The first-order valence-corrected chi connectivity index (χ1v) is 6.58. The van der Waals surface area contributed by atoms with Crippen LogP contribution in [0.4, 0.5) is 0 Å². The second-order valence-electron chi connectivity index (χ2n) is 4.75. The van der Waals surface area contributed by atoms with Gasteiger partial charge < -0.3 is 14.6 Å². The van der Waals surface area contributed by atoms with Crippen LogP contribution in [0.3, 0.4) is 0 Å². The van der Waals surface area contributed by atoms with Crippen molar-refractivity contribution in [2.24, 2.45) is 0 Å². The molecule has 5 nitrogen and oxygen atoms in total. The summed E-state index contributed by atoms with van der Waals surface area (Å²) in [4.78, 5) is 25.5. The Bertz CT molecular complexity index is 438. The van der Waals surface area contributed by atoms with Crippen LogP contribution in [0.15, 0.2) is 16.7 Å². The molecule has 106 valence electrons.